The highest BCUT2D eigenvalue weighted by atomic mass is 16.3. The Balaban J connectivity index is 0.770. The van der Waals surface area contributed by atoms with Crippen molar-refractivity contribution >= 4 is 51.4 Å². The van der Waals surface area contributed by atoms with Crippen LogP contribution in [0.5, 0.6) is 0 Å². The molecule has 1 aliphatic carbocycles. The van der Waals surface area contributed by atoms with Gasteiger partial charge >= 0.3 is 0 Å². The molecule has 16 nitrogen and oxygen atoms in total. The summed E-state index contributed by atoms with van der Waals surface area (Å²) in [6, 6.07) is 15.3. The Kier molecular flexibility index (Phi) is 9.88. The molecule has 0 radical (unpaired) electrons. The number of anilines is 2. The van der Waals surface area contributed by atoms with Crippen molar-refractivity contribution in [2.24, 2.45) is 5.92 Å². The van der Waals surface area contributed by atoms with Gasteiger partial charge in [-0.25, -0.2) is 4.52 Å². The summed E-state index contributed by atoms with van der Waals surface area (Å²) in [5, 5.41) is 35.8. The van der Waals surface area contributed by atoms with Crippen LogP contribution in [0, 0.1) is 17.2 Å². The molecule has 5 aromatic rings. The van der Waals surface area contributed by atoms with Crippen molar-refractivity contribution in [3.63, 3.8) is 0 Å². The quantitative estimate of drug-likeness (QED) is 0.194. The molecule has 0 bridgehead atoms. The van der Waals surface area contributed by atoms with Crippen LogP contribution in [0.2, 0.25) is 0 Å². The zero-order chi connectivity index (χ0) is 41.0. The minimum atomic E-state index is -1.25. The van der Waals surface area contributed by atoms with Crippen molar-refractivity contribution < 1.29 is 24.3 Å². The molecule has 7 heterocycles. The van der Waals surface area contributed by atoms with E-state index in [-0.39, 0.29) is 35.6 Å². The number of nitriles is 1. The Morgan fingerprint density at radius 3 is 2.41 bits per heavy atom. The van der Waals surface area contributed by atoms with E-state index in [1.54, 1.807) is 38.2 Å². The van der Waals surface area contributed by atoms with Crippen molar-refractivity contribution in [3.05, 3.63) is 83.6 Å². The van der Waals surface area contributed by atoms with Gasteiger partial charge in [-0.1, -0.05) is 0 Å². The summed E-state index contributed by atoms with van der Waals surface area (Å²) in [6.07, 6.45) is 10.0. The fourth-order valence-corrected chi connectivity index (χ4v) is 9.17. The maximum absolute atomic E-state index is 13.5. The molecule has 4 aliphatic rings. The van der Waals surface area contributed by atoms with E-state index in [9.17, 15) is 29.5 Å². The van der Waals surface area contributed by atoms with Gasteiger partial charge in [0.25, 0.3) is 5.91 Å². The molecule has 3 saturated heterocycles. The molecule has 1 aromatic carbocycles. The van der Waals surface area contributed by atoms with E-state index in [4.69, 9.17) is 5.10 Å². The summed E-state index contributed by atoms with van der Waals surface area (Å²) in [4.78, 5) is 61.9. The first kappa shape index (κ1) is 38.3. The first-order valence-electron chi connectivity index (χ1n) is 20.4. The Labute approximate surface area is 340 Å². The molecule has 1 saturated carbocycles. The molecule has 59 heavy (non-hydrogen) atoms. The second kappa shape index (κ2) is 15.2. The highest BCUT2D eigenvalue weighted by Crippen LogP contribution is 2.36. The second-order valence-corrected chi connectivity index (χ2v) is 16.9. The predicted molar refractivity (Wildman–Crippen MR) is 217 cm³/mol. The Bertz CT molecular complexity index is 2490. The van der Waals surface area contributed by atoms with Crippen molar-refractivity contribution in [1.29, 1.82) is 5.26 Å². The number of nitrogens with one attached hydrogen (secondary N) is 2. The molecular formula is C43H47N11O5. The molecule has 4 aromatic heterocycles. The molecule has 1 atom stereocenters. The normalized spacial score (nSPS) is 22.0. The Hall–Kier alpha value is -6.18. The number of nitrogens with zero attached hydrogens (tertiary/aromatic N) is 9. The zero-order valence-electron chi connectivity index (χ0n) is 33.2. The lowest BCUT2D eigenvalue weighted by Crippen LogP contribution is -2.59. The number of piperazine rings is 1. The van der Waals surface area contributed by atoms with Crippen LogP contribution in [0.4, 0.5) is 11.4 Å². The number of piperidine rings is 1. The van der Waals surface area contributed by atoms with Crippen LogP contribution in [0.25, 0.3) is 16.4 Å². The molecule has 9 rings (SSSR count). The number of hydrogen-bond donors (Lipinski definition) is 3. The van der Waals surface area contributed by atoms with Crippen LogP contribution < -0.4 is 15.5 Å². The molecule has 4 amide bonds. The van der Waals surface area contributed by atoms with Crippen molar-refractivity contribution in [2.45, 2.75) is 76.0 Å². The summed E-state index contributed by atoms with van der Waals surface area (Å²) < 4.78 is 3.53. The second-order valence-electron chi connectivity index (χ2n) is 16.9. The average Bonchev–Trinajstić information content (AvgIpc) is 3.84. The summed E-state index contributed by atoms with van der Waals surface area (Å²) in [7, 11) is 0. The maximum Gasteiger partial charge on any atom is 0.274 e. The van der Waals surface area contributed by atoms with Gasteiger partial charge in [0.2, 0.25) is 17.7 Å². The van der Waals surface area contributed by atoms with Crippen LogP contribution in [0.1, 0.15) is 91.6 Å². The maximum atomic E-state index is 13.5. The molecule has 3 aliphatic heterocycles. The number of aliphatic hydroxyl groups is 1. The van der Waals surface area contributed by atoms with Gasteiger partial charge in [-0.2, -0.15) is 15.5 Å². The average molecular weight is 798 g/mol. The number of rotatable bonds is 8. The van der Waals surface area contributed by atoms with E-state index in [1.165, 1.54) is 10.7 Å². The van der Waals surface area contributed by atoms with Crippen molar-refractivity contribution in [1.82, 2.24) is 39.5 Å². The van der Waals surface area contributed by atoms with Gasteiger partial charge in [0, 0.05) is 74.6 Å². The lowest BCUT2D eigenvalue weighted by molar-refractivity contribution is -0.138. The summed E-state index contributed by atoms with van der Waals surface area (Å²) in [5.41, 5.74) is 3.47. The van der Waals surface area contributed by atoms with Gasteiger partial charge < -0.3 is 20.2 Å². The number of pyridine rings is 1. The molecule has 304 valence electrons. The first-order chi connectivity index (χ1) is 28.4. The number of benzene rings is 1. The Morgan fingerprint density at radius 1 is 0.949 bits per heavy atom. The monoisotopic (exact) mass is 797 g/mol. The first-order valence-corrected chi connectivity index (χ1v) is 20.4. The van der Waals surface area contributed by atoms with E-state index in [0.29, 0.717) is 65.7 Å². The van der Waals surface area contributed by atoms with Gasteiger partial charge in [0.05, 0.1) is 63.9 Å². The minimum absolute atomic E-state index is 0.0417. The standard InChI is InChI=1S/C43H47N11O5/c1-43(2,59)34-19-36-27(18-37(34)47-41(57)38-11-8-31-17-26(20-44)21-46-54(31)38)25-53(49-36)30-5-3-29(4-6-30)50-13-15-51(16-14-50)42(58)28-23-52(24-28)32-7-10-35(45-22-32)33-9-12-39(55)48-40(33)56/h7-8,10-11,17-19,21-22,25,28-30,33,59H,3-6,9,12-16,23-24H2,1-2H3,(H,47,57)(H,48,55,56)/t29-,30-,33?. The number of carbonyl (C=O) groups is 4. The summed E-state index contributed by atoms with van der Waals surface area (Å²) in [6.45, 7) is 7.84. The molecule has 16 heteroatoms. The van der Waals surface area contributed by atoms with Gasteiger partial charge in [0.1, 0.15) is 11.8 Å². The van der Waals surface area contributed by atoms with Crippen LogP contribution in [0.3, 0.4) is 0 Å². The third-order valence-electron chi connectivity index (χ3n) is 12.6. The number of aromatic nitrogens is 5. The minimum Gasteiger partial charge on any atom is -0.386 e. The number of carbonyl (C=O) groups excluding carboxylic acids is 4. The van der Waals surface area contributed by atoms with Crippen LogP contribution in [-0.2, 0) is 20.0 Å². The molecule has 4 fully saturated rings. The smallest absolute Gasteiger partial charge is 0.274 e. The molecule has 1 unspecified atom stereocenters. The summed E-state index contributed by atoms with van der Waals surface area (Å²) >= 11 is 0. The van der Waals surface area contributed by atoms with E-state index in [1.807, 2.05) is 40.0 Å². The van der Waals surface area contributed by atoms with Crippen LogP contribution >= 0.6 is 0 Å². The summed E-state index contributed by atoms with van der Waals surface area (Å²) in [5.74, 6) is -1.16. The van der Waals surface area contributed by atoms with E-state index in [0.717, 1.165) is 68.5 Å². The van der Waals surface area contributed by atoms with Crippen molar-refractivity contribution in [2.75, 3.05) is 49.5 Å². The van der Waals surface area contributed by atoms with E-state index >= 15 is 0 Å². The van der Waals surface area contributed by atoms with Crippen molar-refractivity contribution in [3.8, 4) is 6.07 Å². The third kappa shape index (κ3) is 7.52. The van der Waals surface area contributed by atoms with Gasteiger partial charge in [-0.3, -0.25) is 39.1 Å². The van der Waals surface area contributed by atoms with Gasteiger partial charge in [-0.15, -0.1) is 0 Å². The fourth-order valence-electron chi connectivity index (χ4n) is 9.17. The van der Waals surface area contributed by atoms with Crippen LogP contribution in [-0.4, -0.2) is 108 Å². The molecular weight excluding hydrogens is 751 g/mol. The lowest BCUT2D eigenvalue weighted by atomic mass is 9.89. The van der Waals surface area contributed by atoms with Gasteiger partial charge in [0.15, 0.2) is 0 Å². The topological polar surface area (TPSA) is 194 Å². The van der Waals surface area contributed by atoms with Gasteiger partial charge in [-0.05, 0) is 88.4 Å². The van der Waals surface area contributed by atoms with E-state index < -0.39 is 11.5 Å². The Morgan fingerprint density at radius 2 is 1.71 bits per heavy atom. The lowest BCUT2D eigenvalue weighted by Gasteiger charge is -2.45. The van der Waals surface area contributed by atoms with E-state index in [2.05, 4.69) is 36.6 Å². The zero-order valence-corrected chi connectivity index (χ0v) is 33.2. The number of hydrogen-bond acceptors (Lipinski definition) is 11. The highest BCUT2D eigenvalue weighted by molar-refractivity contribution is 6.05. The number of fused-ring (bicyclic) bond motifs is 2. The third-order valence-corrected chi connectivity index (χ3v) is 12.6. The number of imide groups is 1. The number of amides is 4. The fraction of sp³-hybridized carbons (Fsp3) is 0.442. The predicted octanol–water partition coefficient (Wildman–Crippen LogP) is 3.71. The highest BCUT2D eigenvalue weighted by Gasteiger charge is 2.38. The molecule has 3 N–H and O–H groups in total. The SMILES string of the molecule is CC(C)(O)c1cc2nn([C@H]3CC[C@H](N4CCN(C(=O)C5CN(c6ccc(C7CCC(=O)NC7=O)nc6)C5)CC4)CC3)cc2cc1NC(=O)c1ccc2cc(C#N)cnn12. The van der Waals surface area contributed by atoms with Crippen LogP contribution in [0.15, 0.2) is 61.1 Å². The molecule has 0 spiro atoms. The largest absolute Gasteiger partial charge is 0.386 e.